The highest BCUT2D eigenvalue weighted by Gasteiger charge is 2.31. The van der Waals surface area contributed by atoms with Gasteiger partial charge in [-0.1, -0.05) is 0 Å². The van der Waals surface area contributed by atoms with Gasteiger partial charge in [-0.3, -0.25) is 4.79 Å². The fraction of sp³-hybridized carbons (Fsp3) is 0.500. The third-order valence-electron chi connectivity index (χ3n) is 3.05. The number of hydrogen-bond donors (Lipinski definition) is 0. The van der Waals surface area contributed by atoms with Crippen LogP contribution in [0.5, 0.6) is 5.75 Å². The van der Waals surface area contributed by atoms with Crippen molar-refractivity contribution >= 4 is 11.5 Å². The third kappa shape index (κ3) is 2.28. The summed E-state index contributed by atoms with van der Waals surface area (Å²) in [5.74, 6) is 0.888. The van der Waals surface area contributed by atoms with Crippen molar-refractivity contribution in [3.63, 3.8) is 0 Å². The van der Waals surface area contributed by atoms with Crippen molar-refractivity contribution < 1.29 is 9.53 Å². The SMILES string of the molecule is CCN1CC(C)(C)Oc2cc(C(C)=O)ccc21. The lowest BCUT2D eigenvalue weighted by molar-refractivity contribution is 0.0994. The Balaban J connectivity index is 2.46. The Labute approximate surface area is 102 Å². The number of ketones is 1. The summed E-state index contributed by atoms with van der Waals surface area (Å²) in [6.45, 7) is 9.66. The molecule has 0 aliphatic carbocycles. The smallest absolute Gasteiger partial charge is 0.159 e. The number of rotatable bonds is 2. The summed E-state index contributed by atoms with van der Waals surface area (Å²) in [7, 11) is 0. The van der Waals surface area contributed by atoms with E-state index in [4.69, 9.17) is 4.74 Å². The molecule has 1 aromatic rings. The van der Waals surface area contributed by atoms with Crippen molar-refractivity contribution in [3.05, 3.63) is 23.8 Å². The highest BCUT2D eigenvalue weighted by Crippen LogP contribution is 2.37. The predicted octanol–water partition coefficient (Wildman–Crippen LogP) is 2.89. The molecule has 0 spiro atoms. The van der Waals surface area contributed by atoms with Gasteiger partial charge in [0.25, 0.3) is 0 Å². The van der Waals surface area contributed by atoms with Crippen LogP contribution in [0.25, 0.3) is 0 Å². The molecular weight excluding hydrogens is 214 g/mol. The monoisotopic (exact) mass is 233 g/mol. The molecule has 1 heterocycles. The summed E-state index contributed by atoms with van der Waals surface area (Å²) in [6.07, 6.45) is 0. The van der Waals surface area contributed by atoms with Crippen LogP contribution in [0.3, 0.4) is 0 Å². The maximum Gasteiger partial charge on any atom is 0.159 e. The van der Waals surface area contributed by atoms with Gasteiger partial charge >= 0.3 is 0 Å². The van der Waals surface area contributed by atoms with Gasteiger partial charge in [0.2, 0.25) is 0 Å². The number of ether oxygens (including phenoxy) is 1. The molecule has 0 radical (unpaired) electrons. The summed E-state index contributed by atoms with van der Waals surface area (Å²) >= 11 is 0. The van der Waals surface area contributed by atoms with Crippen LogP contribution in [0.1, 0.15) is 38.1 Å². The molecular formula is C14H19NO2. The average molecular weight is 233 g/mol. The van der Waals surface area contributed by atoms with Crippen LogP contribution in [0.2, 0.25) is 0 Å². The molecule has 1 aliphatic heterocycles. The number of carbonyl (C=O) groups is 1. The minimum absolute atomic E-state index is 0.0721. The quantitative estimate of drug-likeness (QED) is 0.736. The summed E-state index contributed by atoms with van der Waals surface area (Å²) in [5.41, 5.74) is 1.58. The van der Waals surface area contributed by atoms with Crippen molar-refractivity contribution in [1.29, 1.82) is 0 Å². The van der Waals surface area contributed by atoms with Crippen molar-refractivity contribution in [1.82, 2.24) is 0 Å². The van der Waals surface area contributed by atoms with E-state index in [1.165, 1.54) is 0 Å². The van der Waals surface area contributed by atoms with E-state index in [0.29, 0.717) is 5.56 Å². The van der Waals surface area contributed by atoms with Crippen LogP contribution in [-0.4, -0.2) is 24.5 Å². The maximum absolute atomic E-state index is 11.4. The summed E-state index contributed by atoms with van der Waals surface area (Å²) < 4.78 is 5.95. The van der Waals surface area contributed by atoms with E-state index in [1.54, 1.807) is 6.92 Å². The van der Waals surface area contributed by atoms with Crippen molar-refractivity contribution in [2.75, 3.05) is 18.0 Å². The highest BCUT2D eigenvalue weighted by molar-refractivity contribution is 5.95. The fourth-order valence-corrected chi connectivity index (χ4v) is 2.23. The van der Waals surface area contributed by atoms with Crippen LogP contribution < -0.4 is 9.64 Å². The van der Waals surface area contributed by atoms with E-state index >= 15 is 0 Å². The summed E-state index contributed by atoms with van der Waals surface area (Å²) in [6, 6.07) is 5.69. The lowest BCUT2D eigenvalue weighted by atomic mass is 10.0. The Morgan fingerprint density at radius 1 is 1.47 bits per heavy atom. The molecule has 0 aromatic heterocycles. The van der Waals surface area contributed by atoms with Gasteiger partial charge in [0.05, 0.1) is 12.2 Å². The number of carbonyl (C=O) groups excluding carboxylic acids is 1. The van der Waals surface area contributed by atoms with E-state index in [2.05, 4.69) is 25.7 Å². The van der Waals surface area contributed by atoms with Gasteiger partial charge in [-0.15, -0.1) is 0 Å². The molecule has 0 saturated carbocycles. The average Bonchev–Trinajstić information content (AvgIpc) is 2.25. The Kier molecular flexibility index (Phi) is 2.86. The van der Waals surface area contributed by atoms with Gasteiger partial charge < -0.3 is 9.64 Å². The van der Waals surface area contributed by atoms with Crippen molar-refractivity contribution in [2.45, 2.75) is 33.3 Å². The first-order valence-electron chi connectivity index (χ1n) is 6.02. The zero-order valence-electron chi connectivity index (χ0n) is 10.9. The Bertz CT molecular complexity index is 452. The molecule has 3 nitrogen and oxygen atoms in total. The number of likely N-dealkylation sites (N-methyl/N-ethyl adjacent to an activating group) is 1. The third-order valence-corrected chi connectivity index (χ3v) is 3.05. The zero-order chi connectivity index (χ0) is 12.6. The molecule has 17 heavy (non-hydrogen) atoms. The number of fused-ring (bicyclic) bond motifs is 1. The summed E-state index contributed by atoms with van der Waals surface area (Å²) in [5, 5.41) is 0. The molecule has 0 N–H and O–H groups in total. The predicted molar refractivity (Wildman–Crippen MR) is 69.0 cm³/mol. The van der Waals surface area contributed by atoms with Crippen molar-refractivity contribution in [2.24, 2.45) is 0 Å². The molecule has 0 unspecified atom stereocenters. The molecule has 1 aromatic carbocycles. The van der Waals surface area contributed by atoms with E-state index in [1.807, 2.05) is 18.2 Å². The van der Waals surface area contributed by atoms with Gasteiger partial charge in [-0.2, -0.15) is 0 Å². The van der Waals surface area contributed by atoms with E-state index in [-0.39, 0.29) is 11.4 Å². The van der Waals surface area contributed by atoms with Crippen LogP contribution in [0, 0.1) is 0 Å². The fourth-order valence-electron chi connectivity index (χ4n) is 2.23. The second kappa shape index (κ2) is 4.06. The molecule has 0 bridgehead atoms. The minimum atomic E-state index is -0.210. The zero-order valence-corrected chi connectivity index (χ0v) is 10.9. The molecule has 92 valence electrons. The van der Waals surface area contributed by atoms with Gasteiger partial charge in [-0.25, -0.2) is 0 Å². The number of Topliss-reactive ketones (excluding diaryl/α,β-unsaturated/α-hetero) is 1. The van der Waals surface area contributed by atoms with E-state index in [0.717, 1.165) is 24.5 Å². The standard InChI is InChI=1S/C14H19NO2/c1-5-15-9-14(3,4)17-13-8-11(10(2)16)6-7-12(13)15/h6-8H,5,9H2,1-4H3. The second-order valence-corrected chi connectivity index (χ2v) is 5.11. The first-order valence-corrected chi connectivity index (χ1v) is 6.02. The number of anilines is 1. The van der Waals surface area contributed by atoms with Crippen LogP contribution >= 0.6 is 0 Å². The molecule has 0 fully saturated rings. The number of nitrogens with zero attached hydrogens (tertiary/aromatic N) is 1. The van der Waals surface area contributed by atoms with E-state index < -0.39 is 0 Å². The Hall–Kier alpha value is -1.51. The molecule has 3 heteroatoms. The lowest BCUT2D eigenvalue weighted by Gasteiger charge is -2.40. The van der Waals surface area contributed by atoms with Gasteiger partial charge in [-0.05, 0) is 45.9 Å². The van der Waals surface area contributed by atoms with Gasteiger partial charge in [0.15, 0.2) is 5.78 Å². The Morgan fingerprint density at radius 3 is 2.76 bits per heavy atom. The molecule has 0 saturated heterocycles. The van der Waals surface area contributed by atoms with E-state index in [9.17, 15) is 4.79 Å². The van der Waals surface area contributed by atoms with Crippen LogP contribution in [-0.2, 0) is 0 Å². The molecule has 1 aliphatic rings. The first kappa shape index (κ1) is 12.0. The molecule has 0 atom stereocenters. The molecule has 2 rings (SSSR count). The normalized spacial score (nSPS) is 17.3. The lowest BCUT2D eigenvalue weighted by Crippen LogP contribution is -2.46. The van der Waals surface area contributed by atoms with Gasteiger partial charge in [0.1, 0.15) is 11.4 Å². The topological polar surface area (TPSA) is 29.5 Å². The summed E-state index contributed by atoms with van der Waals surface area (Å²) in [4.78, 5) is 13.7. The highest BCUT2D eigenvalue weighted by atomic mass is 16.5. The largest absolute Gasteiger partial charge is 0.484 e. The molecule has 0 amide bonds. The second-order valence-electron chi connectivity index (χ2n) is 5.11. The van der Waals surface area contributed by atoms with Crippen LogP contribution in [0.15, 0.2) is 18.2 Å². The van der Waals surface area contributed by atoms with Crippen molar-refractivity contribution in [3.8, 4) is 5.75 Å². The number of benzene rings is 1. The Morgan fingerprint density at radius 2 is 2.18 bits per heavy atom. The van der Waals surface area contributed by atoms with Gasteiger partial charge in [0, 0.05) is 12.1 Å². The number of hydrogen-bond acceptors (Lipinski definition) is 3. The first-order chi connectivity index (χ1) is 7.93. The minimum Gasteiger partial charge on any atom is -0.484 e. The van der Waals surface area contributed by atoms with Crippen LogP contribution in [0.4, 0.5) is 5.69 Å². The maximum atomic E-state index is 11.4.